The van der Waals surface area contributed by atoms with E-state index in [4.69, 9.17) is 31.3 Å². The molecule has 2 aromatic heterocycles. The van der Waals surface area contributed by atoms with E-state index in [1.54, 1.807) is 14.0 Å². The molecular weight excluding hydrogens is 404 g/mol. The van der Waals surface area contributed by atoms with Gasteiger partial charge in [0, 0.05) is 52.3 Å². The third kappa shape index (κ3) is 3.85. The molecule has 1 amide bonds. The highest BCUT2D eigenvalue weighted by atomic mass is 35.5. The Morgan fingerprint density at radius 2 is 1.87 bits per heavy atom. The molecule has 8 nitrogen and oxygen atoms in total. The van der Waals surface area contributed by atoms with Crippen LogP contribution in [0.25, 0.3) is 22.6 Å². The monoisotopic (exact) mass is 428 g/mol. The van der Waals surface area contributed by atoms with Gasteiger partial charge in [-0.3, -0.25) is 4.79 Å². The summed E-state index contributed by atoms with van der Waals surface area (Å²) >= 11 is 6.49. The van der Waals surface area contributed by atoms with E-state index in [1.807, 2.05) is 40.7 Å². The van der Waals surface area contributed by atoms with Crippen LogP contribution in [0.15, 0.2) is 24.3 Å². The number of benzene rings is 1. The molecule has 3 heterocycles. The second-order valence-corrected chi connectivity index (χ2v) is 7.73. The number of carbonyl (C=O) groups excluding carboxylic acids is 1. The first-order valence-corrected chi connectivity index (χ1v) is 10.4. The standard InChI is InChI=1S/C21H25ClN6O2/c1-14-23-20(27-10-8-26(9-11-27)15(2)29)18-21(24-14)28(12-13-30-3)19(25-18)16-6-4-5-7-17(16)22/h4-7H,8-13H2,1-3H3. The number of piperazine rings is 1. The van der Waals surface area contributed by atoms with Crippen LogP contribution >= 0.6 is 11.6 Å². The average Bonchev–Trinajstić information content (AvgIpc) is 3.10. The molecule has 0 aliphatic carbocycles. The van der Waals surface area contributed by atoms with E-state index in [9.17, 15) is 4.79 Å². The predicted octanol–water partition coefficient (Wildman–Crippen LogP) is 2.77. The number of carbonyl (C=O) groups is 1. The van der Waals surface area contributed by atoms with Gasteiger partial charge in [0.05, 0.1) is 11.6 Å². The Morgan fingerprint density at radius 1 is 1.13 bits per heavy atom. The number of hydrogen-bond donors (Lipinski definition) is 0. The molecule has 9 heteroatoms. The molecule has 1 aliphatic heterocycles. The minimum Gasteiger partial charge on any atom is -0.383 e. The molecule has 0 bridgehead atoms. The van der Waals surface area contributed by atoms with Crippen molar-refractivity contribution in [2.24, 2.45) is 0 Å². The van der Waals surface area contributed by atoms with Crippen LogP contribution in [-0.4, -0.2) is 70.2 Å². The zero-order valence-electron chi connectivity index (χ0n) is 17.4. The number of nitrogens with zero attached hydrogens (tertiary/aromatic N) is 6. The maximum absolute atomic E-state index is 11.7. The molecule has 1 saturated heterocycles. The maximum atomic E-state index is 11.7. The van der Waals surface area contributed by atoms with Crippen molar-refractivity contribution in [3.8, 4) is 11.4 Å². The van der Waals surface area contributed by atoms with Gasteiger partial charge in [0.1, 0.15) is 11.6 Å². The fourth-order valence-electron chi connectivity index (χ4n) is 3.79. The smallest absolute Gasteiger partial charge is 0.219 e. The summed E-state index contributed by atoms with van der Waals surface area (Å²) in [6.07, 6.45) is 0. The molecular formula is C21H25ClN6O2. The van der Waals surface area contributed by atoms with Gasteiger partial charge in [0.15, 0.2) is 17.0 Å². The van der Waals surface area contributed by atoms with Gasteiger partial charge in [-0.25, -0.2) is 15.0 Å². The minimum atomic E-state index is 0.100. The molecule has 3 aromatic rings. The molecule has 158 valence electrons. The van der Waals surface area contributed by atoms with Crippen molar-refractivity contribution >= 4 is 34.5 Å². The third-order valence-corrected chi connectivity index (χ3v) is 5.68. The lowest BCUT2D eigenvalue weighted by Crippen LogP contribution is -2.48. The molecule has 1 fully saturated rings. The molecule has 0 atom stereocenters. The number of halogens is 1. The fourth-order valence-corrected chi connectivity index (χ4v) is 4.01. The van der Waals surface area contributed by atoms with E-state index in [-0.39, 0.29) is 5.91 Å². The highest BCUT2D eigenvalue weighted by molar-refractivity contribution is 6.33. The Kier molecular flexibility index (Phi) is 5.87. The molecule has 0 saturated carbocycles. The number of aryl methyl sites for hydroxylation is 1. The maximum Gasteiger partial charge on any atom is 0.219 e. The summed E-state index contributed by atoms with van der Waals surface area (Å²) in [5, 5.41) is 0.632. The number of rotatable bonds is 5. The van der Waals surface area contributed by atoms with Gasteiger partial charge in [0.2, 0.25) is 5.91 Å². The van der Waals surface area contributed by atoms with Crippen molar-refractivity contribution in [1.82, 2.24) is 24.4 Å². The molecule has 0 spiro atoms. The van der Waals surface area contributed by atoms with Crippen LogP contribution in [0.3, 0.4) is 0 Å². The summed E-state index contributed by atoms with van der Waals surface area (Å²) in [7, 11) is 1.68. The lowest BCUT2D eigenvalue weighted by atomic mass is 10.2. The summed E-state index contributed by atoms with van der Waals surface area (Å²) in [6, 6.07) is 7.66. The van der Waals surface area contributed by atoms with Crippen molar-refractivity contribution in [3.05, 3.63) is 35.1 Å². The van der Waals surface area contributed by atoms with Gasteiger partial charge >= 0.3 is 0 Å². The zero-order chi connectivity index (χ0) is 21.3. The summed E-state index contributed by atoms with van der Waals surface area (Å²) in [5.41, 5.74) is 2.35. The first-order valence-electron chi connectivity index (χ1n) is 9.98. The van der Waals surface area contributed by atoms with Gasteiger partial charge in [0.25, 0.3) is 0 Å². The number of fused-ring (bicyclic) bond motifs is 1. The van der Waals surface area contributed by atoms with Crippen LogP contribution in [0.5, 0.6) is 0 Å². The number of anilines is 1. The van der Waals surface area contributed by atoms with Crippen molar-refractivity contribution in [1.29, 1.82) is 0 Å². The van der Waals surface area contributed by atoms with Gasteiger partial charge in [-0.2, -0.15) is 0 Å². The Hall–Kier alpha value is -2.71. The van der Waals surface area contributed by atoms with E-state index in [0.29, 0.717) is 50.2 Å². The highest BCUT2D eigenvalue weighted by Gasteiger charge is 2.25. The second kappa shape index (κ2) is 8.57. The number of ether oxygens (including phenoxy) is 1. The summed E-state index contributed by atoms with van der Waals surface area (Å²) < 4.78 is 7.37. The largest absolute Gasteiger partial charge is 0.383 e. The molecule has 30 heavy (non-hydrogen) atoms. The van der Waals surface area contributed by atoms with Crippen LogP contribution in [0.2, 0.25) is 5.02 Å². The molecule has 1 aromatic carbocycles. The van der Waals surface area contributed by atoms with E-state index >= 15 is 0 Å². The predicted molar refractivity (Wildman–Crippen MR) is 117 cm³/mol. The summed E-state index contributed by atoms with van der Waals surface area (Å²) in [4.78, 5) is 30.1. The second-order valence-electron chi connectivity index (χ2n) is 7.32. The normalized spacial score (nSPS) is 14.5. The van der Waals surface area contributed by atoms with Crippen molar-refractivity contribution in [2.45, 2.75) is 20.4 Å². The van der Waals surface area contributed by atoms with E-state index in [2.05, 4.69) is 4.90 Å². The quantitative estimate of drug-likeness (QED) is 0.622. The Balaban J connectivity index is 1.83. The molecule has 0 N–H and O–H groups in total. The number of aromatic nitrogens is 4. The number of amides is 1. The molecule has 1 aliphatic rings. The lowest BCUT2D eigenvalue weighted by Gasteiger charge is -2.34. The number of hydrogen-bond acceptors (Lipinski definition) is 6. The van der Waals surface area contributed by atoms with Crippen LogP contribution in [0.1, 0.15) is 12.7 Å². The Morgan fingerprint density at radius 3 is 2.53 bits per heavy atom. The Labute approximate surface area is 180 Å². The third-order valence-electron chi connectivity index (χ3n) is 5.35. The summed E-state index contributed by atoms with van der Waals surface area (Å²) in [5.74, 6) is 2.32. The van der Waals surface area contributed by atoms with Gasteiger partial charge in [-0.15, -0.1) is 0 Å². The van der Waals surface area contributed by atoms with Crippen LogP contribution in [0, 0.1) is 6.92 Å². The average molecular weight is 429 g/mol. The lowest BCUT2D eigenvalue weighted by molar-refractivity contribution is -0.129. The Bertz CT molecular complexity index is 1070. The summed E-state index contributed by atoms with van der Waals surface area (Å²) in [6.45, 7) is 7.37. The van der Waals surface area contributed by atoms with E-state index in [0.717, 1.165) is 28.4 Å². The van der Waals surface area contributed by atoms with E-state index in [1.165, 1.54) is 0 Å². The van der Waals surface area contributed by atoms with Gasteiger partial charge < -0.3 is 19.1 Å². The highest BCUT2D eigenvalue weighted by Crippen LogP contribution is 2.33. The minimum absolute atomic E-state index is 0.100. The SMILES string of the molecule is COCCn1c(-c2ccccc2Cl)nc2c(N3CCN(C(C)=O)CC3)nc(C)nc21. The van der Waals surface area contributed by atoms with Crippen LogP contribution in [0.4, 0.5) is 5.82 Å². The van der Waals surface area contributed by atoms with Crippen LogP contribution in [-0.2, 0) is 16.1 Å². The van der Waals surface area contributed by atoms with Gasteiger partial charge in [-0.05, 0) is 19.1 Å². The van der Waals surface area contributed by atoms with E-state index < -0.39 is 0 Å². The first kappa shape index (κ1) is 20.6. The van der Waals surface area contributed by atoms with Crippen molar-refractivity contribution in [2.75, 3.05) is 44.8 Å². The topological polar surface area (TPSA) is 76.4 Å². The first-order chi connectivity index (χ1) is 14.5. The molecule has 0 unspecified atom stereocenters. The molecule has 4 rings (SSSR count). The van der Waals surface area contributed by atoms with Gasteiger partial charge in [-0.1, -0.05) is 23.7 Å². The molecule has 0 radical (unpaired) electrons. The van der Waals surface area contributed by atoms with Crippen molar-refractivity contribution in [3.63, 3.8) is 0 Å². The number of methoxy groups -OCH3 is 1. The van der Waals surface area contributed by atoms with Crippen LogP contribution < -0.4 is 4.90 Å². The number of imidazole rings is 1. The fraction of sp³-hybridized carbons (Fsp3) is 0.429. The zero-order valence-corrected chi connectivity index (χ0v) is 18.2. The van der Waals surface area contributed by atoms with Crippen molar-refractivity contribution < 1.29 is 9.53 Å².